The van der Waals surface area contributed by atoms with Crippen LogP contribution in [0.1, 0.15) is 38.2 Å². The van der Waals surface area contributed by atoms with E-state index in [-0.39, 0.29) is 47.0 Å². The predicted octanol–water partition coefficient (Wildman–Crippen LogP) is 4.15. The molecular formula is C24H27ClF4N6O2. The third kappa shape index (κ3) is 5.73. The summed E-state index contributed by atoms with van der Waals surface area (Å²) in [6.07, 6.45) is -1.83. The van der Waals surface area contributed by atoms with Gasteiger partial charge in [-0.1, -0.05) is 18.5 Å². The number of hydrogen-bond donors (Lipinski definition) is 2. The number of hydrogen-bond acceptors (Lipinski definition) is 7. The van der Waals surface area contributed by atoms with Crippen LogP contribution in [0.2, 0.25) is 5.02 Å². The Labute approximate surface area is 216 Å². The van der Waals surface area contributed by atoms with Crippen molar-refractivity contribution in [2.75, 3.05) is 35.6 Å². The van der Waals surface area contributed by atoms with Crippen LogP contribution in [-0.2, 0) is 15.8 Å². The van der Waals surface area contributed by atoms with E-state index < -0.39 is 35.6 Å². The van der Waals surface area contributed by atoms with Gasteiger partial charge in [-0.25, -0.2) is 9.97 Å². The molecule has 0 bridgehead atoms. The lowest BCUT2D eigenvalue weighted by atomic mass is 9.84. The van der Waals surface area contributed by atoms with Crippen LogP contribution in [0.5, 0.6) is 0 Å². The van der Waals surface area contributed by atoms with Crippen molar-refractivity contribution >= 4 is 40.6 Å². The molecule has 3 N–H and O–H groups in total. The summed E-state index contributed by atoms with van der Waals surface area (Å²) in [6.45, 7) is 2.60. The summed E-state index contributed by atoms with van der Waals surface area (Å²) in [7, 11) is 0. The van der Waals surface area contributed by atoms with Gasteiger partial charge in [0.25, 0.3) is 0 Å². The van der Waals surface area contributed by atoms with E-state index in [1.54, 1.807) is 16.7 Å². The number of aromatic nitrogens is 2. The quantitative estimate of drug-likeness (QED) is 0.528. The number of amides is 1. The zero-order valence-electron chi connectivity index (χ0n) is 20.1. The number of halogens is 5. The first-order chi connectivity index (χ1) is 17.5. The van der Waals surface area contributed by atoms with Crippen molar-refractivity contribution in [1.82, 2.24) is 14.9 Å². The van der Waals surface area contributed by atoms with Crippen molar-refractivity contribution < 1.29 is 27.2 Å². The fourth-order valence-corrected chi connectivity index (χ4v) is 5.31. The van der Waals surface area contributed by atoms with Crippen LogP contribution in [0, 0.1) is 11.7 Å². The normalized spacial score (nSPS) is 22.8. The summed E-state index contributed by atoms with van der Waals surface area (Å²) in [5.74, 6) is -1.89. The molecule has 0 spiro atoms. The highest BCUT2D eigenvalue weighted by molar-refractivity contribution is 6.31. The third-order valence-corrected chi connectivity index (χ3v) is 7.10. The molecule has 0 radical (unpaired) electrons. The Morgan fingerprint density at radius 3 is 2.68 bits per heavy atom. The number of benzene rings is 1. The van der Waals surface area contributed by atoms with Crippen LogP contribution in [0.3, 0.4) is 0 Å². The largest absolute Gasteiger partial charge is 0.416 e. The lowest BCUT2D eigenvalue weighted by Gasteiger charge is -2.46. The molecule has 3 atom stereocenters. The Bertz CT molecular complexity index is 1180. The molecule has 4 rings (SSSR count). The molecule has 2 aliphatic heterocycles. The lowest BCUT2D eigenvalue weighted by Crippen LogP contribution is -2.61. The van der Waals surface area contributed by atoms with Crippen LogP contribution in [-0.4, -0.2) is 58.3 Å². The number of nitrogen functional groups attached to an aromatic ring is 1. The highest BCUT2D eigenvalue weighted by atomic mass is 35.5. The molecule has 8 nitrogen and oxygen atoms in total. The van der Waals surface area contributed by atoms with E-state index in [4.69, 9.17) is 17.3 Å². The van der Waals surface area contributed by atoms with E-state index in [1.165, 1.54) is 6.07 Å². The second-order valence-corrected chi connectivity index (χ2v) is 9.66. The fourth-order valence-electron chi connectivity index (χ4n) is 5.07. The first kappa shape index (κ1) is 26.9. The number of nitrogens with zero attached hydrogens (tertiary/aromatic N) is 4. The number of Topliss-reactive ketones (excluding diaryl/α,β-unsaturated/α-hetero) is 1. The van der Waals surface area contributed by atoms with Crippen molar-refractivity contribution in [3.05, 3.63) is 40.9 Å². The summed E-state index contributed by atoms with van der Waals surface area (Å²) < 4.78 is 54.4. The highest BCUT2D eigenvalue weighted by Gasteiger charge is 2.43. The van der Waals surface area contributed by atoms with Gasteiger partial charge in [0.1, 0.15) is 18.2 Å². The first-order valence-corrected chi connectivity index (χ1v) is 12.4. The predicted molar refractivity (Wildman–Crippen MR) is 131 cm³/mol. The Hall–Kier alpha value is -3.15. The maximum Gasteiger partial charge on any atom is 0.416 e. The Morgan fingerprint density at radius 1 is 1.22 bits per heavy atom. The van der Waals surface area contributed by atoms with Gasteiger partial charge < -0.3 is 20.9 Å². The highest BCUT2D eigenvalue weighted by Crippen LogP contribution is 2.35. The minimum absolute atomic E-state index is 0.00219. The minimum Gasteiger partial charge on any atom is -0.381 e. The number of likely N-dealkylation sites (tertiary alicyclic amines) is 1. The molecule has 2 fully saturated rings. The van der Waals surface area contributed by atoms with Gasteiger partial charge >= 0.3 is 6.18 Å². The number of carbonyl (C=O) groups excluding carboxylic acids is 2. The SMILES string of the molecule is CCC(=O)[C@@H]1CCN(c2ncnc(N)c2F)C[C@H]1N1CCC[C@@H](Nc2cc(Cl)cc(C(F)(F)F)c2)C1=O. The monoisotopic (exact) mass is 542 g/mol. The molecule has 0 unspecified atom stereocenters. The van der Waals surface area contributed by atoms with Crippen LogP contribution >= 0.6 is 11.6 Å². The summed E-state index contributed by atoms with van der Waals surface area (Å²) in [4.78, 5) is 37.3. The van der Waals surface area contributed by atoms with Crippen LogP contribution in [0.15, 0.2) is 24.5 Å². The molecule has 1 aromatic carbocycles. The number of carbonyl (C=O) groups is 2. The van der Waals surface area contributed by atoms with Gasteiger partial charge in [0.15, 0.2) is 11.6 Å². The van der Waals surface area contributed by atoms with Gasteiger partial charge in [0.2, 0.25) is 11.7 Å². The minimum atomic E-state index is -4.59. The molecule has 1 amide bonds. The van der Waals surface area contributed by atoms with Gasteiger partial charge in [-0.3, -0.25) is 9.59 Å². The zero-order valence-corrected chi connectivity index (χ0v) is 20.8. The number of alkyl halides is 3. The average molecular weight is 543 g/mol. The van der Waals surface area contributed by atoms with Gasteiger partial charge in [0, 0.05) is 42.7 Å². The molecule has 37 heavy (non-hydrogen) atoms. The summed E-state index contributed by atoms with van der Waals surface area (Å²) >= 11 is 5.90. The Balaban J connectivity index is 1.59. The topological polar surface area (TPSA) is 104 Å². The lowest BCUT2D eigenvalue weighted by molar-refractivity contribution is -0.140. The number of piperidine rings is 2. The van der Waals surface area contributed by atoms with Gasteiger partial charge in [0.05, 0.1) is 11.6 Å². The Kier molecular flexibility index (Phi) is 7.77. The maximum absolute atomic E-state index is 14.7. The molecule has 3 heterocycles. The molecule has 0 saturated carbocycles. The van der Waals surface area contributed by atoms with Crippen LogP contribution in [0.4, 0.5) is 34.9 Å². The van der Waals surface area contributed by atoms with E-state index in [2.05, 4.69) is 15.3 Å². The molecule has 2 aliphatic rings. The van der Waals surface area contributed by atoms with E-state index in [0.29, 0.717) is 32.4 Å². The summed E-state index contributed by atoms with van der Waals surface area (Å²) in [5, 5.41) is 2.79. The standard InChI is InChI=1S/C24H27ClF4N6O2/c1-2-19(36)16-5-7-34(22-20(26)21(30)31-12-32-22)11-18(16)35-6-3-4-17(23(35)37)33-15-9-13(24(27,28)29)8-14(25)10-15/h8-10,12,16-18,33H,2-7,11H2,1H3,(H2,30,31,32)/t16-,17-,18-/m1/s1. The summed E-state index contributed by atoms with van der Waals surface area (Å²) in [6, 6.07) is 1.67. The third-order valence-electron chi connectivity index (χ3n) is 6.88. The van der Waals surface area contributed by atoms with Crippen molar-refractivity contribution in [2.45, 2.75) is 50.9 Å². The molecule has 2 saturated heterocycles. The molecular weight excluding hydrogens is 516 g/mol. The first-order valence-electron chi connectivity index (χ1n) is 12.0. The van der Waals surface area contributed by atoms with Gasteiger partial charge in [-0.15, -0.1) is 0 Å². The van der Waals surface area contributed by atoms with Gasteiger partial charge in [-0.05, 0) is 37.5 Å². The second kappa shape index (κ2) is 10.7. The van der Waals surface area contributed by atoms with Crippen LogP contribution < -0.4 is 16.0 Å². The van der Waals surface area contributed by atoms with Crippen molar-refractivity contribution in [1.29, 1.82) is 0 Å². The van der Waals surface area contributed by atoms with Crippen molar-refractivity contribution in [2.24, 2.45) is 5.92 Å². The van der Waals surface area contributed by atoms with E-state index in [0.717, 1.165) is 18.5 Å². The fraction of sp³-hybridized carbons (Fsp3) is 0.500. The maximum atomic E-state index is 14.7. The molecule has 2 aromatic rings. The number of ketones is 1. The van der Waals surface area contributed by atoms with E-state index in [9.17, 15) is 27.2 Å². The average Bonchev–Trinajstić information content (AvgIpc) is 2.85. The smallest absolute Gasteiger partial charge is 0.381 e. The molecule has 13 heteroatoms. The zero-order chi connectivity index (χ0) is 26.9. The second-order valence-electron chi connectivity index (χ2n) is 9.22. The van der Waals surface area contributed by atoms with Crippen molar-refractivity contribution in [3.63, 3.8) is 0 Å². The Morgan fingerprint density at radius 2 is 1.97 bits per heavy atom. The molecule has 200 valence electrons. The van der Waals surface area contributed by atoms with E-state index in [1.807, 2.05) is 0 Å². The summed E-state index contributed by atoms with van der Waals surface area (Å²) in [5.41, 5.74) is 4.75. The van der Waals surface area contributed by atoms with Crippen molar-refractivity contribution in [3.8, 4) is 0 Å². The molecule has 0 aliphatic carbocycles. The molecule has 1 aromatic heterocycles. The number of nitrogens with two attached hydrogens (primary N) is 1. The van der Waals surface area contributed by atoms with Gasteiger partial charge in [-0.2, -0.15) is 17.6 Å². The number of anilines is 3. The number of rotatable bonds is 6. The van der Waals surface area contributed by atoms with E-state index >= 15 is 0 Å². The number of nitrogens with one attached hydrogen (secondary N) is 1. The van der Waals surface area contributed by atoms with Crippen LogP contribution in [0.25, 0.3) is 0 Å².